The third kappa shape index (κ3) is 2.43. The van der Waals surface area contributed by atoms with Crippen molar-refractivity contribution in [3.63, 3.8) is 0 Å². The highest BCUT2D eigenvalue weighted by atomic mass is 32.1. The van der Waals surface area contributed by atoms with Crippen LogP contribution >= 0.6 is 11.3 Å². The Kier molecular flexibility index (Phi) is 2.98. The SMILES string of the molecule is CC1(C)Cc2nc(-c3ccccc3C3CC3)sc2C(N)C1. The molecule has 1 aromatic heterocycles. The van der Waals surface area contributed by atoms with Gasteiger partial charge in [-0.3, -0.25) is 0 Å². The summed E-state index contributed by atoms with van der Waals surface area (Å²) >= 11 is 1.82. The van der Waals surface area contributed by atoms with Gasteiger partial charge in [-0.05, 0) is 42.6 Å². The number of nitrogens with two attached hydrogens (primary N) is 1. The molecule has 2 nitrogen and oxygen atoms in total. The Labute approximate surface area is 130 Å². The van der Waals surface area contributed by atoms with Crippen LogP contribution in [0, 0.1) is 5.41 Å². The summed E-state index contributed by atoms with van der Waals surface area (Å²) < 4.78 is 0. The molecule has 110 valence electrons. The molecule has 0 bridgehead atoms. The summed E-state index contributed by atoms with van der Waals surface area (Å²) in [7, 11) is 0. The van der Waals surface area contributed by atoms with E-state index in [0.717, 1.165) is 18.8 Å². The third-order valence-corrected chi connectivity index (χ3v) is 5.95. The van der Waals surface area contributed by atoms with E-state index in [0.29, 0.717) is 0 Å². The molecule has 0 spiro atoms. The first-order valence-electron chi connectivity index (χ1n) is 7.88. The summed E-state index contributed by atoms with van der Waals surface area (Å²) in [6, 6.07) is 8.94. The van der Waals surface area contributed by atoms with Crippen molar-refractivity contribution < 1.29 is 0 Å². The topological polar surface area (TPSA) is 38.9 Å². The first-order valence-corrected chi connectivity index (χ1v) is 8.70. The molecular formula is C18H22N2S. The summed E-state index contributed by atoms with van der Waals surface area (Å²) in [6.45, 7) is 4.60. The first-order chi connectivity index (χ1) is 10.0. The van der Waals surface area contributed by atoms with Crippen molar-refractivity contribution in [3.8, 4) is 10.6 Å². The van der Waals surface area contributed by atoms with Gasteiger partial charge in [-0.15, -0.1) is 11.3 Å². The van der Waals surface area contributed by atoms with Gasteiger partial charge in [0.15, 0.2) is 0 Å². The van der Waals surface area contributed by atoms with Gasteiger partial charge in [-0.2, -0.15) is 0 Å². The minimum absolute atomic E-state index is 0.156. The molecule has 1 saturated carbocycles. The number of rotatable bonds is 2. The van der Waals surface area contributed by atoms with Gasteiger partial charge in [-0.25, -0.2) is 4.98 Å². The van der Waals surface area contributed by atoms with Crippen molar-refractivity contribution >= 4 is 11.3 Å². The summed E-state index contributed by atoms with van der Waals surface area (Å²) in [6.07, 6.45) is 4.77. The molecule has 4 rings (SSSR count). The molecule has 2 aliphatic rings. The number of fused-ring (bicyclic) bond motifs is 1. The average Bonchev–Trinajstić information content (AvgIpc) is 3.18. The van der Waals surface area contributed by atoms with Crippen LogP contribution < -0.4 is 5.73 Å². The van der Waals surface area contributed by atoms with E-state index in [-0.39, 0.29) is 11.5 Å². The zero-order valence-corrected chi connectivity index (χ0v) is 13.5. The molecule has 0 radical (unpaired) electrons. The highest BCUT2D eigenvalue weighted by Gasteiger charge is 2.34. The van der Waals surface area contributed by atoms with Crippen LogP contribution in [0.5, 0.6) is 0 Å². The lowest BCUT2D eigenvalue weighted by Crippen LogP contribution is -2.28. The predicted octanol–water partition coefficient (Wildman–Crippen LogP) is 4.66. The lowest BCUT2D eigenvalue weighted by molar-refractivity contribution is 0.282. The van der Waals surface area contributed by atoms with Crippen LogP contribution in [-0.4, -0.2) is 4.98 Å². The molecule has 2 N–H and O–H groups in total. The van der Waals surface area contributed by atoms with E-state index in [4.69, 9.17) is 10.7 Å². The van der Waals surface area contributed by atoms with E-state index < -0.39 is 0 Å². The number of benzene rings is 1. The molecule has 1 heterocycles. The van der Waals surface area contributed by atoms with Gasteiger partial charge in [0.05, 0.1) is 5.69 Å². The van der Waals surface area contributed by atoms with Gasteiger partial charge in [0, 0.05) is 16.5 Å². The van der Waals surface area contributed by atoms with Crippen molar-refractivity contribution in [3.05, 3.63) is 40.4 Å². The lowest BCUT2D eigenvalue weighted by Gasteiger charge is -2.32. The number of nitrogens with zero attached hydrogens (tertiary/aromatic N) is 1. The largest absolute Gasteiger partial charge is 0.323 e. The maximum absolute atomic E-state index is 6.39. The Balaban J connectivity index is 1.78. The molecule has 3 heteroatoms. The monoisotopic (exact) mass is 298 g/mol. The molecule has 0 amide bonds. The molecule has 1 atom stereocenters. The molecule has 1 aromatic carbocycles. The van der Waals surface area contributed by atoms with Gasteiger partial charge in [0.2, 0.25) is 0 Å². The number of hydrogen-bond donors (Lipinski definition) is 1. The minimum Gasteiger partial charge on any atom is -0.323 e. The molecule has 21 heavy (non-hydrogen) atoms. The Bertz CT molecular complexity index is 682. The Morgan fingerprint density at radius 2 is 2.00 bits per heavy atom. The van der Waals surface area contributed by atoms with E-state index in [1.165, 1.54) is 39.5 Å². The number of hydrogen-bond acceptors (Lipinski definition) is 3. The second kappa shape index (κ2) is 4.65. The normalized spacial score (nSPS) is 23.9. The van der Waals surface area contributed by atoms with E-state index in [9.17, 15) is 0 Å². The van der Waals surface area contributed by atoms with Crippen molar-refractivity contribution in [1.82, 2.24) is 4.98 Å². The summed E-state index contributed by atoms with van der Waals surface area (Å²) in [5.74, 6) is 0.757. The summed E-state index contributed by atoms with van der Waals surface area (Å²) in [4.78, 5) is 6.29. The standard InChI is InChI=1S/C18H22N2S/c1-18(2)9-14(19)16-15(10-18)20-17(21-16)13-6-4-3-5-12(13)11-7-8-11/h3-6,11,14H,7-10,19H2,1-2H3. The predicted molar refractivity (Wildman–Crippen MR) is 88.6 cm³/mol. The molecular weight excluding hydrogens is 276 g/mol. The van der Waals surface area contributed by atoms with Crippen LogP contribution in [0.15, 0.2) is 24.3 Å². The van der Waals surface area contributed by atoms with Crippen molar-refractivity contribution in [2.45, 2.75) is 51.5 Å². The fourth-order valence-electron chi connectivity index (χ4n) is 3.55. The second-order valence-corrected chi connectivity index (χ2v) is 8.37. The molecule has 0 aliphatic heterocycles. The van der Waals surface area contributed by atoms with Gasteiger partial charge in [0.25, 0.3) is 0 Å². The van der Waals surface area contributed by atoms with E-state index >= 15 is 0 Å². The number of thiazole rings is 1. The van der Waals surface area contributed by atoms with Crippen molar-refractivity contribution in [2.75, 3.05) is 0 Å². The quantitative estimate of drug-likeness (QED) is 0.875. The molecule has 1 fully saturated rings. The van der Waals surface area contributed by atoms with Gasteiger partial charge >= 0.3 is 0 Å². The molecule has 1 unspecified atom stereocenters. The lowest BCUT2D eigenvalue weighted by atomic mass is 9.77. The molecule has 2 aliphatic carbocycles. The van der Waals surface area contributed by atoms with Crippen LogP contribution in [-0.2, 0) is 6.42 Å². The highest BCUT2D eigenvalue weighted by Crippen LogP contribution is 2.47. The van der Waals surface area contributed by atoms with Gasteiger partial charge in [0.1, 0.15) is 5.01 Å². The van der Waals surface area contributed by atoms with Crippen LogP contribution in [0.4, 0.5) is 0 Å². The summed E-state index contributed by atoms with van der Waals surface area (Å²) in [5, 5.41) is 1.18. The van der Waals surface area contributed by atoms with Crippen LogP contribution in [0.3, 0.4) is 0 Å². The van der Waals surface area contributed by atoms with Crippen molar-refractivity contribution in [2.24, 2.45) is 11.1 Å². The Hall–Kier alpha value is -1.19. The zero-order valence-electron chi connectivity index (χ0n) is 12.7. The fourth-order valence-corrected chi connectivity index (χ4v) is 4.68. The van der Waals surface area contributed by atoms with E-state index in [2.05, 4.69) is 38.1 Å². The summed E-state index contributed by atoms with van der Waals surface area (Å²) in [5.41, 5.74) is 10.7. The second-order valence-electron chi connectivity index (χ2n) is 7.34. The minimum atomic E-state index is 0.156. The van der Waals surface area contributed by atoms with Crippen molar-refractivity contribution in [1.29, 1.82) is 0 Å². The maximum atomic E-state index is 6.39. The maximum Gasteiger partial charge on any atom is 0.124 e. The number of aromatic nitrogens is 1. The Morgan fingerprint density at radius 3 is 2.76 bits per heavy atom. The third-order valence-electron chi connectivity index (χ3n) is 4.69. The zero-order chi connectivity index (χ0) is 14.6. The van der Waals surface area contributed by atoms with E-state index in [1.807, 2.05) is 11.3 Å². The van der Waals surface area contributed by atoms with Crippen LogP contribution in [0.2, 0.25) is 0 Å². The average molecular weight is 298 g/mol. The van der Waals surface area contributed by atoms with Gasteiger partial charge < -0.3 is 5.73 Å². The van der Waals surface area contributed by atoms with Gasteiger partial charge in [-0.1, -0.05) is 38.1 Å². The fraction of sp³-hybridized carbons (Fsp3) is 0.500. The first kappa shape index (κ1) is 13.5. The Morgan fingerprint density at radius 1 is 1.24 bits per heavy atom. The van der Waals surface area contributed by atoms with E-state index in [1.54, 1.807) is 0 Å². The smallest absolute Gasteiger partial charge is 0.124 e. The highest BCUT2D eigenvalue weighted by molar-refractivity contribution is 7.15. The van der Waals surface area contributed by atoms with Crippen LogP contribution in [0.1, 0.15) is 61.2 Å². The molecule has 0 saturated heterocycles. The van der Waals surface area contributed by atoms with Crippen LogP contribution in [0.25, 0.3) is 10.6 Å². The molecule has 2 aromatic rings.